The van der Waals surface area contributed by atoms with E-state index in [9.17, 15) is 19.5 Å². The molecule has 3 aliphatic heterocycles. The van der Waals surface area contributed by atoms with E-state index in [4.69, 9.17) is 4.74 Å². The maximum atomic E-state index is 13.5. The van der Waals surface area contributed by atoms with Gasteiger partial charge in [-0.25, -0.2) is 0 Å². The molecule has 0 aromatic heterocycles. The van der Waals surface area contributed by atoms with Gasteiger partial charge in [0.25, 0.3) is 0 Å². The molecule has 3 unspecified atom stereocenters. The lowest BCUT2D eigenvalue weighted by Gasteiger charge is -2.35. The lowest BCUT2D eigenvalue weighted by Crippen LogP contribution is -2.59. The number of β-amino-alcohol motifs (C(OH)–C–C–N with tert-alkyl or cyclic N) is 1. The molecule has 1 aromatic carbocycles. The molecular formula is C23H30BrN3O5. The van der Waals surface area contributed by atoms with Crippen LogP contribution in [-0.4, -0.2) is 69.0 Å². The van der Waals surface area contributed by atoms with Crippen LogP contribution in [0, 0.1) is 11.8 Å². The number of benzene rings is 1. The number of halogens is 1. The fourth-order valence-corrected chi connectivity index (χ4v) is 6.36. The Labute approximate surface area is 196 Å². The molecule has 1 spiro atoms. The standard InChI is InChI=1S/C23H30BrN3O5/c1-22(2,3)26-20(30)18-23-11-14(24)17(32-23)15(16(23)21(31)27(18)9-10-28)19(29)25-12-13-7-5-4-6-8-13/h4-8,14-18,28H,9-12H2,1-3H3,(H,25,29)(H,26,30)/t14?,15-,16-,17-,18?,23?/m0/s1. The Balaban J connectivity index is 1.63. The normalized spacial score (nSPS) is 33.3. The maximum absolute atomic E-state index is 13.5. The fourth-order valence-electron chi connectivity index (χ4n) is 5.42. The smallest absolute Gasteiger partial charge is 0.246 e. The Bertz CT molecular complexity index is 905. The van der Waals surface area contributed by atoms with Gasteiger partial charge in [0, 0.05) is 23.5 Å². The zero-order chi connectivity index (χ0) is 23.3. The monoisotopic (exact) mass is 507 g/mol. The number of rotatable bonds is 6. The van der Waals surface area contributed by atoms with Crippen molar-refractivity contribution in [2.45, 2.75) is 61.8 Å². The highest BCUT2D eigenvalue weighted by molar-refractivity contribution is 9.09. The first-order valence-corrected chi connectivity index (χ1v) is 11.9. The Morgan fingerprint density at radius 2 is 1.94 bits per heavy atom. The van der Waals surface area contributed by atoms with Crippen molar-refractivity contribution in [1.82, 2.24) is 15.5 Å². The average Bonchev–Trinajstić information content (AvgIpc) is 3.30. The third kappa shape index (κ3) is 3.84. The van der Waals surface area contributed by atoms with E-state index in [0.29, 0.717) is 13.0 Å². The molecule has 3 N–H and O–H groups in total. The van der Waals surface area contributed by atoms with Crippen LogP contribution in [0.4, 0.5) is 0 Å². The second-order valence-electron chi connectivity index (χ2n) is 9.86. The number of hydrogen-bond acceptors (Lipinski definition) is 5. The molecule has 9 heteroatoms. The number of likely N-dealkylation sites (tertiary alicyclic amines) is 1. The van der Waals surface area contributed by atoms with Gasteiger partial charge in [0.1, 0.15) is 11.6 Å². The summed E-state index contributed by atoms with van der Waals surface area (Å²) >= 11 is 3.63. The molecule has 174 valence electrons. The molecule has 0 radical (unpaired) electrons. The van der Waals surface area contributed by atoms with Crippen LogP contribution < -0.4 is 10.6 Å². The van der Waals surface area contributed by atoms with Crippen LogP contribution >= 0.6 is 15.9 Å². The number of carbonyl (C=O) groups excluding carboxylic acids is 3. The summed E-state index contributed by atoms with van der Waals surface area (Å²) in [7, 11) is 0. The predicted molar refractivity (Wildman–Crippen MR) is 121 cm³/mol. The number of fused-ring (bicyclic) bond motifs is 1. The molecule has 0 saturated carbocycles. The zero-order valence-electron chi connectivity index (χ0n) is 18.5. The van der Waals surface area contributed by atoms with Crippen molar-refractivity contribution in [2.24, 2.45) is 11.8 Å². The number of amides is 3. The molecule has 3 fully saturated rings. The summed E-state index contributed by atoms with van der Waals surface area (Å²) in [5.41, 5.74) is -0.650. The van der Waals surface area contributed by atoms with Gasteiger partial charge < -0.3 is 25.4 Å². The van der Waals surface area contributed by atoms with Gasteiger partial charge in [-0.05, 0) is 32.8 Å². The molecule has 1 aromatic rings. The van der Waals surface area contributed by atoms with Gasteiger partial charge in [-0.15, -0.1) is 0 Å². The number of alkyl halides is 1. The Morgan fingerprint density at radius 3 is 2.56 bits per heavy atom. The van der Waals surface area contributed by atoms with E-state index in [-0.39, 0.29) is 35.7 Å². The third-order valence-corrected chi connectivity index (χ3v) is 7.33. The third-order valence-electron chi connectivity index (χ3n) is 6.49. The van der Waals surface area contributed by atoms with Gasteiger partial charge in [-0.1, -0.05) is 46.3 Å². The predicted octanol–water partition coefficient (Wildman–Crippen LogP) is 0.958. The molecule has 3 heterocycles. The van der Waals surface area contributed by atoms with E-state index in [1.165, 1.54) is 4.90 Å². The number of nitrogens with zero attached hydrogens (tertiary/aromatic N) is 1. The van der Waals surface area contributed by atoms with Gasteiger partial charge in [0.2, 0.25) is 17.7 Å². The molecule has 6 atom stereocenters. The Kier molecular flexibility index (Phi) is 6.11. The lowest BCUT2D eigenvalue weighted by atomic mass is 9.70. The summed E-state index contributed by atoms with van der Waals surface area (Å²) in [6.07, 6.45) is -0.0540. The van der Waals surface area contributed by atoms with Crippen molar-refractivity contribution in [2.75, 3.05) is 13.2 Å². The number of aliphatic hydroxyl groups excluding tert-OH is 1. The lowest BCUT2D eigenvalue weighted by molar-refractivity contribution is -0.143. The zero-order valence-corrected chi connectivity index (χ0v) is 20.1. The van der Waals surface area contributed by atoms with Gasteiger partial charge in [0.15, 0.2) is 0 Å². The van der Waals surface area contributed by atoms with Crippen LogP contribution in [0.1, 0.15) is 32.8 Å². The first kappa shape index (κ1) is 23.2. The first-order valence-electron chi connectivity index (χ1n) is 11.0. The highest BCUT2D eigenvalue weighted by Crippen LogP contribution is 2.59. The van der Waals surface area contributed by atoms with E-state index in [1.807, 2.05) is 51.1 Å². The minimum atomic E-state index is -1.10. The number of hydrogen-bond donors (Lipinski definition) is 3. The quantitative estimate of drug-likeness (QED) is 0.497. The molecule has 2 bridgehead atoms. The van der Waals surface area contributed by atoms with Gasteiger partial charge >= 0.3 is 0 Å². The number of nitrogens with one attached hydrogen (secondary N) is 2. The molecule has 3 amide bonds. The molecule has 8 nitrogen and oxygen atoms in total. The molecule has 32 heavy (non-hydrogen) atoms. The summed E-state index contributed by atoms with van der Waals surface area (Å²) in [6.45, 7) is 5.68. The first-order chi connectivity index (χ1) is 15.1. The van der Waals surface area contributed by atoms with Crippen LogP contribution in [0.3, 0.4) is 0 Å². The number of aliphatic hydroxyl groups is 1. The summed E-state index contributed by atoms with van der Waals surface area (Å²) in [6, 6.07) is 8.65. The Morgan fingerprint density at radius 1 is 1.25 bits per heavy atom. The average molecular weight is 508 g/mol. The van der Waals surface area contributed by atoms with Crippen LogP contribution in [0.2, 0.25) is 0 Å². The van der Waals surface area contributed by atoms with Crippen molar-refractivity contribution in [3.63, 3.8) is 0 Å². The van der Waals surface area contributed by atoms with E-state index in [0.717, 1.165) is 5.56 Å². The summed E-state index contributed by atoms with van der Waals surface area (Å²) in [4.78, 5) is 41.3. The van der Waals surface area contributed by atoms with Crippen molar-refractivity contribution < 1.29 is 24.2 Å². The van der Waals surface area contributed by atoms with Gasteiger partial charge in [-0.3, -0.25) is 14.4 Å². The SMILES string of the molecule is CC(C)(C)NC(=O)C1N(CCO)C(=O)[C@@H]2[C@H](C(=O)NCc3ccccc3)[C@H]3OC12CC3Br. The highest BCUT2D eigenvalue weighted by Gasteiger charge is 2.76. The van der Waals surface area contributed by atoms with Crippen LogP contribution in [-0.2, 0) is 25.7 Å². The molecule has 3 aliphatic rings. The van der Waals surface area contributed by atoms with Crippen molar-refractivity contribution >= 4 is 33.7 Å². The van der Waals surface area contributed by atoms with E-state index in [2.05, 4.69) is 26.6 Å². The minimum Gasteiger partial charge on any atom is -0.395 e. The highest BCUT2D eigenvalue weighted by atomic mass is 79.9. The maximum Gasteiger partial charge on any atom is 0.246 e. The van der Waals surface area contributed by atoms with Crippen LogP contribution in [0.15, 0.2) is 30.3 Å². The summed E-state index contributed by atoms with van der Waals surface area (Å²) < 4.78 is 6.36. The van der Waals surface area contributed by atoms with Crippen LogP contribution in [0.5, 0.6) is 0 Å². The molecule has 3 saturated heterocycles. The topological polar surface area (TPSA) is 108 Å². The van der Waals surface area contributed by atoms with Gasteiger partial charge in [0.05, 0.1) is 24.5 Å². The van der Waals surface area contributed by atoms with E-state index < -0.39 is 35.1 Å². The van der Waals surface area contributed by atoms with E-state index in [1.54, 1.807) is 0 Å². The number of carbonyl (C=O) groups is 3. The fraction of sp³-hybridized carbons (Fsp3) is 0.609. The van der Waals surface area contributed by atoms with E-state index >= 15 is 0 Å². The molecular weight excluding hydrogens is 478 g/mol. The number of ether oxygens (including phenoxy) is 1. The second kappa shape index (κ2) is 8.43. The van der Waals surface area contributed by atoms with Gasteiger partial charge in [-0.2, -0.15) is 0 Å². The van der Waals surface area contributed by atoms with Crippen molar-refractivity contribution in [3.8, 4) is 0 Å². The molecule has 4 rings (SSSR count). The van der Waals surface area contributed by atoms with Crippen molar-refractivity contribution in [1.29, 1.82) is 0 Å². The largest absolute Gasteiger partial charge is 0.395 e. The van der Waals surface area contributed by atoms with Crippen LogP contribution in [0.25, 0.3) is 0 Å². The molecule has 0 aliphatic carbocycles. The van der Waals surface area contributed by atoms with Crippen molar-refractivity contribution in [3.05, 3.63) is 35.9 Å². The minimum absolute atomic E-state index is 0.0125. The summed E-state index contributed by atoms with van der Waals surface area (Å²) in [5.74, 6) is -2.37. The second-order valence-corrected chi connectivity index (χ2v) is 11.0. The summed E-state index contributed by atoms with van der Waals surface area (Å²) in [5, 5.41) is 15.5. The Hall–Kier alpha value is -1.97.